The van der Waals surface area contributed by atoms with Gasteiger partial charge in [0.1, 0.15) is 0 Å². The number of carbonyl (C=O) groups excluding carboxylic acids is 1. The van der Waals surface area contributed by atoms with Gasteiger partial charge < -0.3 is 10.0 Å². The predicted octanol–water partition coefficient (Wildman–Crippen LogP) is 2.60. The molecule has 0 spiro atoms. The molecular formula is C15H18ClNO3. The van der Waals surface area contributed by atoms with Gasteiger partial charge in [0.15, 0.2) is 0 Å². The number of carboxylic acids is 1. The van der Waals surface area contributed by atoms with Crippen LogP contribution in [-0.4, -0.2) is 35.0 Å². The lowest BCUT2D eigenvalue weighted by Crippen LogP contribution is -2.42. The van der Waals surface area contributed by atoms with Crippen molar-refractivity contribution in [1.29, 1.82) is 0 Å². The van der Waals surface area contributed by atoms with Crippen LogP contribution >= 0.6 is 11.6 Å². The SMILES string of the molecule is O=C(O)[C@@H]1CCCN(C(=O)CCc2ccc(Cl)cc2)C1. The molecule has 1 aliphatic rings. The van der Waals surface area contributed by atoms with Crippen molar-refractivity contribution in [1.82, 2.24) is 4.90 Å². The molecule has 1 aromatic rings. The van der Waals surface area contributed by atoms with Gasteiger partial charge >= 0.3 is 5.97 Å². The number of carboxylic acid groups (broad SMARTS) is 1. The Kier molecular flexibility index (Phi) is 5.01. The molecule has 0 aromatic heterocycles. The van der Waals surface area contributed by atoms with Gasteiger partial charge in [-0.3, -0.25) is 9.59 Å². The van der Waals surface area contributed by atoms with Gasteiger partial charge in [-0.05, 0) is 37.0 Å². The van der Waals surface area contributed by atoms with Crippen molar-refractivity contribution in [2.75, 3.05) is 13.1 Å². The van der Waals surface area contributed by atoms with Crippen LogP contribution in [0.25, 0.3) is 0 Å². The molecule has 5 heteroatoms. The summed E-state index contributed by atoms with van der Waals surface area (Å²) in [6.07, 6.45) is 2.50. The lowest BCUT2D eigenvalue weighted by Gasteiger charge is -2.30. The van der Waals surface area contributed by atoms with E-state index in [9.17, 15) is 9.59 Å². The molecule has 4 nitrogen and oxygen atoms in total. The van der Waals surface area contributed by atoms with Crippen LogP contribution in [0, 0.1) is 5.92 Å². The molecule has 1 aliphatic heterocycles. The highest BCUT2D eigenvalue weighted by molar-refractivity contribution is 6.30. The summed E-state index contributed by atoms with van der Waals surface area (Å²) in [7, 11) is 0. The number of aliphatic carboxylic acids is 1. The minimum absolute atomic E-state index is 0.0332. The van der Waals surface area contributed by atoms with Crippen molar-refractivity contribution < 1.29 is 14.7 Å². The molecule has 0 saturated carbocycles. The molecule has 0 aliphatic carbocycles. The van der Waals surface area contributed by atoms with E-state index in [2.05, 4.69) is 0 Å². The van der Waals surface area contributed by atoms with Crippen molar-refractivity contribution in [2.24, 2.45) is 5.92 Å². The summed E-state index contributed by atoms with van der Waals surface area (Å²) in [5.41, 5.74) is 1.06. The second-order valence-corrected chi connectivity index (χ2v) is 5.58. The Morgan fingerprint density at radius 1 is 1.30 bits per heavy atom. The Labute approximate surface area is 123 Å². The molecule has 2 rings (SSSR count). The van der Waals surface area contributed by atoms with Crippen molar-refractivity contribution >= 4 is 23.5 Å². The third-order valence-electron chi connectivity index (χ3n) is 3.66. The zero-order valence-electron chi connectivity index (χ0n) is 11.2. The first-order chi connectivity index (χ1) is 9.56. The molecule has 1 heterocycles. The maximum atomic E-state index is 12.1. The quantitative estimate of drug-likeness (QED) is 0.929. The highest BCUT2D eigenvalue weighted by atomic mass is 35.5. The second kappa shape index (κ2) is 6.75. The molecule has 1 atom stereocenters. The lowest BCUT2D eigenvalue weighted by molar-refractivity contribution is -0.145. The van der Waals surface area contributed by atoms with E-state index in [1.165, 1.54) is 0 Å². The Morgan fingerprint density at radius 2 is 2.00 bits per heavy atom. The van der Waals surface area contributed by atoms with Gasteiger partial charge in [0.05, 0.1) is 5.92 Å². The summed E-state index contributed by atoms with van der Waals surface area (Å²) < 4.78 is 0. The molecule has 108 valence electrons. The number of amides is 1. The van der Waals surface area contributed by atoms with E-state index in [0.29, 0.717) is 37.4 Å². The van der Waals surface area contributed by atoms with E-state index in [0.717, 1.165) is 12.0 Å². The fourth-order valence-corrected chi connectivity index (χ4v) is 2.59. The van der Waals surface area contributed by atoms with E-state index in [4.69, 9.17) is 16.7 Å². The normalized spacial score (nSPS) is 18.9. The fourth-order valence-electron chi connectivity index (χ4n) is 2.47. The van der Waals surface area contributed by atoms with Crippen molar-refractivity contribution in [3.8, 4) is 0 Å². The van der Waals surface area contributed by atoms with Gasteiger partial charge in [-0.15, -0.1) is 0 Å². The molecule has 20 heavy (non-hydrogen) atoms. The molecule has 1 amide bonds. The molecule has 0 unspecified atom stereocenters. The smallest absolute Gasteiger partial charge is 0.308 e. The molecule has 1 aromatic carbocycles. The Balaban J connectivity index is 1.85. The number of piperidine rings is 1. The van der Waals surface area contributed by atoms with Crippen LogP contribution in [0.5, 0.6) is 0 Å². The monoisotopic (exact) mass is 295 g/mol. The van der Waals surface area contributed by atoms with Crippen LogP contribution in [0.15, 0.2) is 24.3 Å². The van der Waals surface area contributed by atoms with E-state index in [1.807, 2.05) is 24.3 Å². The molecular weight excluding hydrogens is 278 g/mol. The van der Waals surface area contributed by atoms with Crippen LogP contribution < -0.4 is 0 Å². The fraction of sp³-hybridized carbons (Fsp3) is 0.467. The summed E-state index contributed by atoms with van der Waals surface area (Å²) in [4.78, 5) is 24.8. The van der Waals surface area contributed by atoms with E-state index in [-0.39, 0.29) is 5.91 Å². The Hall–Kier alpha value is -1.55. The number of halogens is 1. The average Bonchev–Trinajstić information content (AvgIpc) is 2.46. The summed E-state index contributed by atoms with van der Waals surface area (Å²) in [6.45, 7) is 1.01. The Morgan fingerprint density at radius 3 is 2.65 bits per heavy atom. The Bertz CT molecular complexity index is 486. The summed E-state index contributed by atoms with van der Waals surface area (Å²) in [6, 6.07) is 7.43. The minimum atomic E-state index is -0.805. The summed E-state index contributed by atoms with van der Waals surface area (Å²) in [5.74, 6) is -1.19. The number of hydrogen-bond acceptors (Lipinski definition) is 2. The minimum Gasteiger partial charge on any atom is -0.481 e. The van der Waals surface area contributed by atoms with Gasteiger partial charge in [-0.2, -0.15) is 0 Å². The van der Waals surface area contributed by atoms with Crippen LogP contribution in [0.1, 0.15) is 24.8 Å². The molecule has 1 fully saturated rings. The first kappa shape index (κ1) is 14.9. The highest BCUT2D eigenvalue weighted by Gasteiger charge is 2.27. The van der Waals surface area contributed by atoms with E-state index >= 15 is 0 Å². The van der Waals surface area contributed by atoms with E-state index in [1.54, 1.807) is 4.90 Å². The standard InChI is InChI=1S/C15H18ClNO3/c16-13-6-3-11(4-7-13)5-8-14(18)17-9-1-2-12(10-17)15(19)20/h3-4,6-7,12H,1-2,5,8-10H2,(H,19,20)/t12-/m1/s1. The number of carbonyl (C=O) groups is 2. The van der Waals surface area contributed by atoms with Crippen LogP contribution in [0.2, 0.25) is 5.02 Å². The number of aryl methyl sites for hydroxylation is 1. The van der Waals surface area contributed by atoms with Crippen molar-refractivity contribution in [2.45, 2.75) is 25.7 Å². The van der Waals surface area contributed by atoms with Gasteiger partial charge in [-0.1, -0.05) is 23.7 Å². The molecule has 1 saturated heterocycles. The number of rotatable bonds is 4. The predicted molar refractivity (Wildman–Crippen MR) is 76.7 cm³/mol. The first-order valence-corrected chi connectivity index (χ1v) is 7.19. The van der Waals surface area contributed by atoms with E-state index < -0.39 is 11.9 Å². The maximum Gasteiger partial charge on any atom is 0.308 e. The summed E-state index contributed by atoms with van der Waals surface area (Å²) >= 11 is 5.81. The van der Waals surface area contributed by atoms with Crippen molar-refractivity contribution in [3.63, 3.8) is 0 Å². The third kappa shape index (κ3) is 3.97. The van der Waals surface area contributed by atoms with Crippen LogP contribution in [0.4, 0.5) is 0 Å². The zero-order chi connectivity index (χ0) is 14.5. The highest BCUT2D eigenvalue weighted by Crippen LogP contribution is 2.18. The second-order valence-electron chi connectivity index (χ2n) is 5.14. The lowest BCUT2D eigenvalue weighted by atomic mass is 9.97. The number of benzene rings is 1. The number of hydrogen-bond donors (Lipinski definition) is 1. The molecule has 0 bridgehead atoms. The maximum absolute atomic E-state index is 12.1. The van der Waals surface area contributed by atoms with Gasteiger partial charge in [0, 0.05) is 24.5 Å². The van der Waals surface area contributed by atoms with Crippen molar-refractivity contribution in [3.05, 3.63) is 34.9 Å². The average molecular weight is 296 g/mol. The zero-order valence-corrected chi connectivity index (χ0v) is 12.0. The van der Waals surface area contributed by atoms with Gasteiger partial charge in [0.25, 0.3) is 0 Å². The third-order valence-corrected chi connectivity index (χ3v) is 3.92. The molecule has 0 radical (unpaired) electrons. The number of likely N-dealkylation sites (tertiary alicyclic amines) is 1. The van der Waals surface area contributed by atoms with Gasteiger partial charge in [-0.25, -0.2) is 0 Å². The first-order valence-electron chi connectivity index (χ1n) is 6.81. The largest absolute Gasteiger partial charge is 0.481 e. The number of nitrogens with zero attached hydrogens (tertiary/aromatic N) is 1. The molecule has 1 N–H and O–H groups in total. The van der Waals surface area contributed by atoms with Gasteiger partial charge in [0.2, 0.25) is 5.91 Å². The van der Waals surface area contributed by atoms with Crippen LogP contribution in [-0.2, 0) is 16.0 Å². The van der Waals surface area contributed by atoms with Crippen LogP contribution in [0.3, 0.4) is 0 Å². The topological polar surface area (TPSA) is 57.6 Å². The summed E-state index contributed by atoms with van der Waals surface area (Å²) in [5, 5.41) is 9.70.